The number of nitrogens with zero attached hydrogens (tertiary/aromatic N) is 3. The summed E-state index contributed by atoms with van der Waals surface area (Å²) in [5, 5.41) is 15.1. The van der Waals surface area contributed by atoms with Crippen molar-refractivity contribution in [3.8, 4) is 11.5 Å². The van der Waals surface area contributed by atoms with E-state index in [4.69, 9.17) is 9.73 Å². The average molecular weight is 409 g/mol. The fraction of sp³-hybridized carbons (Fsp3) is 0.478. The highest BCUT2D eigenvalue weighted by molar-refractivity contribution is 5.92. The van der Waals surface area contributed by atoms with Crippen molar-refractivity contribution >= 4 is 16.7 Å². The van der Waals surface area contributed by atoms with Gasteiger partial charge in [-0.15, -0.1) is 0 Å². The van der Waals surface area contributed by atoms with E-state index in [2.05, 4.69) is 15.1 Å². The van der Waals surface area contributed by atoms with E-state index in [-0.39, 0.29) is 12.3 Å². The van der Waals surface area contributed by atoms with Crippen molar-refractivity contribution in [2.24, 2.45) is 5.92 Å². The molecule has 7 heteroatoms. The normalized spacial score (nSPS) is 15.9. The predicted molar refractivity (Wildman–Crippen MR) is 113 cm³/mol. The Balaban J connectivity index is 1.50. The number of carbonyl (C=O) groups excluding carboxylic acids is 1. The lowest BCUT2D eigenvalue weighted by Gasteiger charge is -2.22. The molecule has 1 aliphatic carbocycles. The first-order valence-electron chi connectivity index (χ1n) is 10.8. The summed E-state index contributed by atoms with van der Waals surface area (Å²) in [4.78, 5) is 20.9. The van der Waals surface area contributed by atoms with Crippen molar-refractivity contribution in [3.05, 3.63) is 42.4 Å². The largest absolute Gasteiger partial charge is 0.339 e. The van der Waals surface area contributed by atoms with E-state index in [1.807, 2.05) is 30.3 Å². The van der Waals surface area contributed by atoms with Crippen molar-refractivity contribution in [2.45, 2.75) is 63.7 Å². The molecule has 4 rings (SSSR count). The average Bonchev–Trinajstić information content (AvgIpc) is 3.28. The SMILES string of the molecule is O=C(CC(CCCC1CCCCC1)c1nc(-c2nccc3ccccc23)no1)NO. The fourth-order valence-corrected chi connectivity index (χ4v) is 4.51. The molecular weight excluding hydrogens is 380 g/mol. The third kappa shape index (κ3) is 4.84. The molecule has 0 aliphatic heterocycles. The summed E-state index contributed by atoms with van der Waals surface area (Å²) < 4.78 is 5.56. The molecule has 2 heterocycles. The summed E-state index contributed by atoms with van der Waals surface area (Å²) in [6.07, 6.45) is 11.4. The van der Waals surface area contributed by atoms with Crippen LogP contribution in [0.3, 0.4) is 0 Å². The second kappa shape index (κ2) is 9.80. The smallest absolute Gasteiger partial charge is 0.244 e. The molecule has 1 atom stereocenters. The topological polar surface area (TPSA) is 101 Å². The molecule has 3 aromatic rings. The quantitative estimate of drug-likeness (QED) is 0.401. The van der Waals surface area contributed by atoms with Crippen molar-refractivity contribution in [1.82, 2.24) is 20.6 Å². The van der Waals surface area contributed by atoms with E-state index < -0.39 is 5.91 Å². The molecule has 0 saturated heterocycles. The Morgan fingerprint density at radius 1 is 1.20 bits per heavy atom. The Bertz CT molecular complexity index is 976. The van der Waals surface area contributed by atoms with Gasteiger partial charge < -0.3 is 4.52 Å². The van der Waals surface area contributed by atoms with Gasteiger partial charge >= 0.3 is 0 Å². The Hall–Kier alpha value is -2.80. The molecule has 1 saturated carbocycles. The minimum Gasteiger partial charge on any atom is -0.339 e. The second-order valence-corrected chi connectivity index (χ2v) is 8.21. The van der Waals surface area contributed by atoms with E-state index in [0.29, 0.717) is 17.4 Å². The highest BCUT2D eigenvalue weighted by Crippen LogP contribution is 2.32. The summed E-state index contributed by atoms with van der Waals surface area (Å²) in [5.41, 5.74) is 2.39. The number of amides is 1. The van der Waals surface area contributed by atoms with Gasteiger partial charge in [-0.25, -0.2) is 5.48 Å². The monoisotopic (exact) mass is 408 g/mol. The maximum Gasteiger partial charge on any atom is 0.244 e. The Kier molecular flexibility index (Phi) is 6.69. The Morgan fingerprint density at radius 2 is 2.03 bits per heavy atom. The number of nitrogens with one attached hydrogen (secondary N) is 1. The molecule has 0 spiro atoms. The van der Waals surface area contributed by atoms with Crippen LogP contribution >= 0.6 is 0 Å². The first kappa shape index (κ1) is 20.5. The number of aromatic nitrogens is 3. The number of carbonyl (C=O) groups is 1. The van der Waals surface area contributed by atoms with Crippen LogP contribution < -0.4 is 5.48 Å². The molecule has 0 radical (unpaired) electrons. The number of hydrogen-bond donors (Lipinski definition) is 2. The molecule has 1 aromatic carbocycles. The molecule has 7 nitrogen and oxygen atoms in total. The van der Waals surface area contributed by atoms with Gasteiger partial charge in [0.25, 0.3) is 0 Å². The molecule has 2 N–H and O–H groups in total. The number of fused-ring (bicyclic) bond motifs is 1. The number of hydroxylamine groups is 1. The van der Waals surface area contributed by atoms with Crippen LogP contribution in [0, 0.1) is 5.92 Å². The molecule has 1 amide bonds. The number of benzene rings is 1. The van der Waals surface area contributed by atoms with Crippen LogP contribution in [-0.2, 0) is 4.79 Å². The van der Waals surface area contributed by atoms with Gasteiger partial charge in [0, 0.05) is 23.9 Å². The highest BCUT2D eigenvalue weighted by atomic mass is 16.5. The van der Waals surface area contributed by atoms with E-state index in [0.717, 1.165) is 36.0 Å². The Morgan fingerprint density at radius 3 is 2.87 bits per heavy atom. The number of hydrogen-bond acceptors (Lipinski definition) is 6. The van der Waals surface area contributed by atoms with E-state index in [1.165, 1.54) is 32.1 Å². The number of rotatable bonds is 8. The van der Waals surface area contributed by atoms with Crippen LogP contribution in [0.1, 0.15) is 69.6 Å². The zero-order chi connectivity index (χ0) is 20.8. The van der Waals surface area contributed by atoms with Crippen molar-refractivity contribution in [1.29, 1.82) is 0 Å². The minimum absolute atomic E-state index is 0.117. The van der Waals surface area contributed by atoms with Gasteiger partial charge in [0.05, 0.1) is 0 Å². The van der Waals surface area contributed by atoms with Gasteiger partial charge in [-0.3, -0.25) is 15.0 Å². The lowest BCUT2D eigenvalue weighted by molar-refractivity contribution is -0.129. The van der Waals surface area contributed by atoms with Crippen molar-refractivity contribution in [2.75, 3.05) is 0 Å². The van der Waals surface area contributed by atoms with Crippen LogP contribution in [0.15, 0.2) is 41.1 Å². The van der Waals surface area contributed by atoms with Gasteiger partial charge in [-0.05, 0) is 23.8 Å². The maximum absolute atomic E-state index is 11.8. The molecular formula is C23H28N4O3. The van der Waals surface area contributed by atoms with E-state index in [1.54, 1.807) is 11.7 Å². The lowest BCUT2D eigenvalue weighted by atomic mass is 9.84. The first-order valence-corrected chi connectivity index (χ1v) is 10.8. The Labute approximate surface area is 175 Å². The predicted octanol–water partition coefficient (Wildman–Crippen LogP) is 5.01. The third-order valence-electron chi connectivity index (χ3n) is 6.12. The molecule has 2 aromatic heterocycles. The van der Waals surface area contributed by atoms with Crippen LogP contribution in [0.25, 0.3) is 22.3 Å². The first-order chi connectivity index (χ1) is 14.7. The summed E-state index contributed by atoms with van der Waals surface area (Å²) >= 11 is 0. The standard InChI is InChI=1S/C23H28N4O3/c28-20(26-29)15-18(11-6-9-16-7-2-1-3-8-16)23-25-22(27-30-23)21-19-12-5-4-10-17(19)13-14-24-21/h4-5,10,12-14,16,18,29H,1-3,6-9,11,15H2,(H,26,28). The van der Waals surface area contributed by atoms with Gasteiger partial charge in [0.2, 0.25) is 17.6 Å². The van der Waals surface area contributed by atoms with Gasteiger partial charge in [-0.1, -0.05) is 74.4 Å². The van der Waals surface area contributed by atoms with Crippen LogP contribution in [0.2, 0.25) is 0 Å². The minimum atomic E-state index is -0.444. The maximum atomic E-state index is 11.8. The highest BCUT2D eigenvalue weighted by Gasteiger charge is 2.24. The van der Waals surface area contributed by atoms with Crippen molar-refractivity contribution < 1.29 is 14.5 Å². The van der Waals surface area contributed by atoms with Gasteiger partial charge in [0.15, 0.2) is 0 Å². The second-order valence-electron chi connectivity index (χ2n) is 8.21. The fourth-order valence-electron chi connectivity index (χ4n) is 4.51. The van der Waals surface area contributed by atoms with E-state index in [9.17, 15) is 4.79 Å². The van der Waals surface area contributed by atoms with E-state index >= 15 is 0 Å². The van der Waals surface area contributed by atoms with Crippen LogP contribution in [0.5, 0.6) is 0 Å². The molecule has 1 unspecified atom stereocenters. The molecule has 0 bridgehead atoms. The summed E-state index contributed by atoms with van der Waals surface area (Å²) in [6.45, 7) is 0. The van der Waals surface area contributed by atoms with Crippen LogP contribution in [0.4, 0.5) is 0 Å². The zero-order valence-corrected chi connectivity index (χ0v) is 17.1. The van der Waals surface area contributed by atoms with Gasteiger partial charge in [0.1, 0.15) is 5.69 Å². The van der Waals surface area contributed by atoms with Gasteiger partial charge in [-0.2, -0.15) is 4.98 Å². The molecule has 158 valence electrons. The third-order valence-corrected chi connectivity index (χ3v) is 6.12. The zero-order valence-electron chi connectivity index (χ0n) is 17.1. The molecule has 1 fully saturated rings. The summed E-state index contributed by atoms with van der Waals surface area (Å²) in [6, 6.07) is 9.87. The molecule has 1 aliphatic rings. The van der Waals surface area contributed by atoms with Crippen molar-refractivity contribution in [3.63, 3.8) is 0 Å². The number of pyridine rings is 1. The summed E-state index contributed by atoms with van der Waals surface area (Å²) in [5.74, 6) is 0.956. The lowest BCUT2D eigenvalue weighted by Crippen LogP contribution is -2.21. The van der Waals surface area contributed by atoms with Crippen LogP contribution in [-0.4, -0.2) is 26.2 Å². The molecule has 30 heavy (non-hydrogen) atoms. The summed E-state index contributed by atoms with van der Waals surface area (Å²) in [7, 11) is 0.